The maximum atomic E-state index is 14.2. The second-order valence-corrected chi connectivity index (χ2v) is 24.0. The number of nitrogens with zero attached hydrogens (tertiary/aromatic N) is 3. The Morgan fingerprint density at radius 2 is 1.30 bits per heavy atom. The normalized spacial score (nSPS) is 25.6. The molecule has 4 heterocycles. The van der Waals surface area contributed by atoms with Crippen molar-refractivity contribution in [1.82, 2.24) is 15.0 Å². The summed E-state index contributed by atoms with van der Waals surface area (Å²) in [5.41, 5.74) is 22.2. The lowest BCUT2D eigenvalue weighted by molar-refractivity contribution is -0.0453. The third-order valence-electron chi connectivity index (χ3n) is 14.3. The minimum absolute atomic E-state index is 0.0369. The van der Waals surface area contributed by atoms with E-state index in [-0.39, 0.29) is 53.1 Å². The van der Waals surface area contributed by atoms with Gasteiger partial charge in [-0.1, -0.05) is 49.2 Å². The Bertz CT molecular complexity index is 2870. The molecule has 3 aliphatic heterocycles. The number of hydrogen-bond acceptors (Lipinski definition) is 17. The maximum absolute atomic E-state index is 14.2. The van der Waals surface area contributed by atoms with Crippen molar-refractivity contribution < 1.29 is 36.5 Å². The first kappa shape index (κ1) is 47.1. The summed E-state index contributed by atoms with van der Waals surface area (Å²) in [5, 5.41) is 13.8. The van der Waals surface area contributed by atoms with Gasteiger partial charge in [-0.3, -0.25) is 9.59 Å². The first-order valence-corrected chi connectivity index (χ1v) is 28.0. The van der Waals surface area contributed by atoms with Crippen molar-refractivity contribution in [3.8, 4) is 0 Å². The lowest BCUT2D eigenvalue weighted by Crippen LogP contribution is -2.52. The lowest BCUT2D eigenvalue weighted by atomic mass is 9.81. The number of nitrogens with two attached hydrogens (primary N) is 2. The zero-order valence-corrected chi connectivity index (χ0v) is 42.0. The molecule has 3 saturated heterocycles. The Kier molecular flexibility index (Phi) is 12.7. The molecule has 0 spiro atoms. The van der Waals surface area contributed by atoms with Gasteiger partial charge in [-0.2, -0.15) is 15.0 Å². The Hall–Kier alpha value is -5.62. The predicted octanol–water partition coefficient (Wildman–Crippen LogP) is 7.87. The number of anilines is 8. The molecule has 1 saturated carbocycles. The van der Waals surface area contributed by atoms with Gasteiger partial charge in [0.05, 0.1) is 29.0 Å². The van der Waals surface area contributed by atoms with Crippen molar-refractivity contribution in [3.05, 3.63) is 110 Å². The highest BCUT2D eigenvalue weighted by molar-refractivity contribution is 6.62. The highest BCUT2D eigenvalue weighted by atomic mass is 28.4. The van der Waals surface area contributed by atoms with Crippen molar-refractivity contribution in [3.63, 3.8) is 0 Å². The molecule has 4 fully saturated rings. The van der Waals surface area contributed by atoms with E-state index in [1.165, 1.54) is 0 Å². The van der Waals surface area contributed by atoms with Crippen molar-refractivity contribution in [2.75, 3.05) is 40.1 Å². The molecule has 0 amide bonds. The highest BCUT2D eigenvalue weighted by Gasteiger charge is 2.68. The second kappa shape index (κ2) is 18.6. The lowest BCUT2D eigenvalue weighted by Gasteiger charge is -2.34. The first-order chi connectivity index (χ1) is 33.1. The maximum Gasteiger partial charge on any atom is 0.502 e. The van der Waals surface area contributed by atoms with Crippen LogP contribution in [0.2, 0.25) is 12.1 Å². The third-order valence-corrected chi connectivity index (χ3v) is 19.5. The SMILES string of the molecule is Cc1cccc(Nc2nc(NCCC[Si]3(O)OC4CCCCC5O[Si]6(CCCN)OC5C(O6)C4O3)nc(Nc3c(C)c(C)c(C)c(Nc4cc(C)c(N)c5c4C(=O)c4ccccc4C5=O)c3C)n2)c1. The third kappa shape index (κ3) is 8.84. The van der Waals surface area contributed by atoms with Gasteiger partial charge in [0.2, 0.25) is 17.8 Å². The number of aryl methyl sites for hydroxylation is 2. The van der Waals surface area contributed by atoms with Crippen LogP contribution in [0.3, 0.4) is 0 Å². The summed E-state index contributed by atoms with van der Waals surface area (Å²) in [6.07, 6.45) is 3.54. The molecule has 5 aliphatic rings. The number of carbonyl (C=O) groups excluding carboxylic acids is 2. The van der Waals surface area contributed by atoms with Crippen LogP contribution in [0.15, 0.2) is 54.6 Å². The summed E-state index contributed by atoms with van der Waals surface area (Å²) in [6.45, 7) is 12.9. The van der Waals surface area contributed by atoms with Gasteiger partial charge in [0.1, 0.15) is 18.3 Å². The minimum atomic E-state index is -3.60. The van der Waals surface area contributed by atoms with Crippen LogP contribution in [0.4, 0.5) is 46.3 Å². The molecule has 5 aromatic rings. The van der Waals surface area contributed by atoms with Crippen molar-refractivity contribution in [2.45, 2.75) is 123 Å². The smallest absolute Gasteiger partial charge is 0.398 e. The van der Waals surface area contributed by atoms with E-state index in [9.17, 15) is 14.4 Å². The molecule has 19 heteroatoms. The molecule has 0 radical (unpaired) electrons. The van der Waals surface area contributed by atoms with Gasteiger partial charge >= 0.3 is 17.6 Å². The van der Waals surface area contributed by atoms with E-state index in [4.69, 9.17) is 48.5 Å². The summed E-state index contributed by atoms with van der Waals surface area (Å²) in [7, 11) is -6.47. The molecule has 69 heavy (non-hydrogen) atoms. The van der Waals surface area contributed by atoms with Crippen LogP contribution in [0.25, 0.3) is 0 Å². The molecule has 7 unspecified atom stereocenters. The number of aromatic nitrogens is 3. The van der Waals surface area contributed by atoms with Gasteiger partial charge < -0.3 is 59.7 Å². The number of nitrogen functional groups attached to an aromatic ring is 1. The number of nitrogens with one attached hydrogen (secondary N) is 4. The van der Waals surface area contributed by atoms with Gasteiger partial charge in [0.25, 0.3) is 0 Å². The average Bonchev–Trinajstić information content (AvgIpc) is 4.00. The fraction of sp³-hybridized carbons (Fsp3) is 0.420. The molecule has 17 nitrogen and oxygen atoms in total. The average molecular weight is 972 g/mol. The molecule has 4 aromatic carbocycles. The molecule has 7 atom stereocenters. The monoisotopic (exact) mass is 971 g/mol. The van der Waals surface area contributed by atoms with E-state index >= 15 is 0 Å². The molecule has 2 bridgehead atoms. The number of ketones is 2. The zero-order valence-electron chi connectivity index (χ0n) is 40.0. The highest BCUT2D eigenvalue weighted by Crippen LogP contribution is 2.48. The summed E-state index contributed by atoms with van der Waals surface area (Å²) in [5.74, 6) is 0.374. The largest absolute Gasteiger partial charge is 0.502 e. The predicted molar refractivity (Wildman–Crippen MR) is 268 cm³/mol. The van der Waals surface area contributed by atoms with E-state index < -0.39 is 23.7 Å². The van der Waals surface area contributed by atoms with E-state index in [0.717, 1.165) is 77.0 Å². The zero-order chi connectivity index (χ0) is 48.4. The number of benzene rings is 4. The summed E-state index contributed by atoms with van der Waals surface area (Å²) >= 11 is 0. The van der Waals surface area contributed by atoms with Crippen LogP contribution in [-0.2, 0) is 22.1 Å². The van der Waals surface area contributed by atoms with Gasteiger partial charge in [-0.15, -0.1) is 0 Å². The van der Waals surface area contributed by atoms with E-state index in [1.807, 2.05) is 71.9 Å². The van der Waals surface area contributed by atoms with Crippen LogP contribution in [0.1, 0.15) is 104 Å². The molecule has 2 aliphatic carbocycles. The standard InChI is InChI=1S/C50H61N9O8Si2/c1-26-14-11-15-32(24-26)54-49-57-48(53-21-13-22-68(62)63-36-18-9-10-19-37-46-47(45(36)65-68)67-69(64-37,66-46)23-12-20-51)58-50(59-49)56-42-30(5)28(3)29(4)41(31(42)6)55-35-25-27(2)40(52)39-38(35)43(60)33-16-7-8-17-34(33)44(39)61/h7-8,11,14-17,24-25,36-37,45-47,55,62H,9-10,12-13,18-23,51-52H2,1-6H3,(H3,53,54,56,57,58,59). The van der Waals surface area contributed by atoms with Gasteiger partial charge in [-0.25, -0.2) is 0 Å². The van der Waals surface area contributed by atoms with E-state index in [2.05, 4.69) is 21.3 Å². The number of hydrogen-bond donors (Lipinski definition) is 7. The Balaban J connectivity index is 0.895. The van der Waals surface area contributed by atoms with Crippen molar-refractivity contribution >= 4 is 75.5 Å². The fourth-order valence-corrected chi connectivity index (χ4v) is 16.2. The molecule has 362 valence electrons. The summed E-state index contributed by atoms with van der Waals surface area (Å²) in [6, 6.07) is 17.6. The number of rotatable bonds is 14. The molecule has 9 N–H and O–H groups in total. The summed E-state index contributed by atoms with van der Waals surface area (Å²) < 4.78 is 32.5. The molecule has 10 rings (SSSR count). The Morgan fingerprint density at radius 1 is 0.667 bits per heavy atom. The van der Waals surface area contributed by atoms with E-state index in [0.29, 0.717) is 71.6 Å². The van der Waals surface area contributed by atoms with Crippen LogP contribution in [0, 0.1) is 41.5 Å². The van der Waals surface area contributed by atoms with Gasteiger partial charge in [0.15, 0.2) is 11.6 Å². The topological polar surface area (TPSA) is 239 Å². The van der Waals surface area contributed by atoms with Gasteiger partial charge in [-0.05, 0) is 125 Å². The molecular formula is C50H61N9O8Si2. The van der Waals surface area contributed by atoms with Crippen LogP contribution in [-0.4, -0.2) is 92.5 Å². The number of fused-ring (bicyclic) bond motifs is 5. The Morgan fingerprint density at radius 3 is 2.01 bits per heavy atom. The summed E-state index contributed by atoms with van der Waals surface area (Å²) in [4.78, 5) is 54.4. The van der Waals surface area contributed by atoms with Gasteiger partial charge in [0, 0.05) is 52.5 Å². The quantitative estimate of drug-likeness (QED) is 0.0312. The van der Waals surface area contributed by atoms with Crippen molar-refractivity contribution in [1.29, 1.82) is 0 Å². The van der Waals surface area contributed by atoms with Crippen LogP contribution >= 0.6 is 0 Å². The van der Waals surface area contributed by atoms with E-state index in [1.54, 1.807) is 24.3 Å². The van der Waals surface area contributed by atoms with Crippen LogP contribution in [0.5, 0.6) is 0 Å². The second-order valence-electron chi connectivity index (χ2n) is 19.1. The molecular weight excluding hydrogens is 911 g/mol. The van der Waals surface area contributed by atoms with Crippen molar-refractivity contribution in [2.24, 2.45) is 5.73 Å². The fourth-order valence-electron chi connectivity index (χ4n) is 10.6. The minimum Gasteiger partial charge on any atom is -0.398 e. The first-order valence-electron chi connectivity index (χ1n) is 24.1. The Labute approximate surface area is 404 Å². The number of carbonyl (C=O) groups is 2. The van der Waals surface area contributed by atoms with Crippen LogP contribution < -0.4 is 32.7 Å². The molecule has 1 aromatic heterocycles.